The molecule has 1 heterocycles. The molecule has 0 radical (unpaired) electrons. The molecule has 0 amide bonds. The molecule has 0 bridgehead atoms. The fourth-order valence-electron chi connectivity index (χ4n) is 2.78. The van der Waals surface area contributed by atoms with E-state index in [2.05, 4.69) is 0 Å². The summed E-state index contributed by atoms with van der Waals surface area (Å²) in [4.78, 5) is -1.49. The van der Waals surface area contributed by atoms with Crippen LogP contribution in [-0.2, 0) is 16.3 Å². The molecule has 2 aromatic rings. The van der Waals surface area contributed by atoms with Crippen LogP contribution in [0.2, 0.25) is 5.02 Å². The van der Waals surface area contributed by atoms with Gasteiger partial charge in [-0.1, -0.05) is 11.6 Å². The summed E-state index contributed by atoms with van der Waals surface area (Å²) in [6, 6.07) is 2.28. The molecule has 1 aliphatic rings. The van der Waals surface area contributed by atoms with Gasteiger partial charge in [-0.25, -0.2) is 17.2 Å². The molecule has 6 nitrogen and oxygen atoms in total. The Bertz CT molecular complexity index is 1040. The molecular weight excluding hydrogens is 437 g/mol. The maximum absolute atomic E-state index is 14.0. The van der Waals surface area contributed by atoms with E-state index in [1.165, 1.54) is 0 Å². The summed E-state index contributed by atoms with van der Waals surface area (Å²) >= 11 is 5.67. The van der Waals surface area contributed by atoms with E-state index >= 15 is 0 Å². The Morgan fingerprint density at radius 2 is 1.93 bits per heavy atom. The maximum Gasteiger partial charge on any atom is 0.501 e. The quantitative estimate of drug-likeness (QED) is 0.445. The Balaban J connectivity index is 2.19. The van der Waals surface area contributed by atoms with Gasteiger partial charge in [-0.2, -0.15) is 17.9 Å². The second-order valence-corrected chi connectivity index (χ2v) is 8.24. The molecule has 0 aliphatic heterocycles. The summed E-state index contributed by atoms with van der Waals surface area (Å²) in [7, 11) is -6.01. The average Bonchev–Trinajstić information content (AvgIpc) is 2.76. The highest BCUT2D eigenvalue weighted by atomic mass is 35.5. The van der Waals surface area contributed by atoms with Crippen LogP contribution in [0.5, 0.6) is 11.5 Å². The minimum Gasteiger partial charge on any atom is -0.619 e. The van der Waals surface area contributed by atoms with Gasteiger partial charge in [0.2, 0.25) is 6.20 Å². The third-order valence-electron chi connectivity index (χ3n) is 3.97. The number of aromatic nitrogens is 1. The second kappa shape index (κ2) is 6.42. The van der Waals surface area contributed by atoms with Crippen molar-refractivity contribution in [3.63, 3.8) is 0 Å². The van der Waals surface area contributed by atoms with Gasteiger partial charge >= 0.3 is 5.51 Å². The fourth-order valence-corrected chi connectivity index (χ4v) is 4.01. The number of alkyl halides is 5. The van der Waals surface area contributed by atoms with Crippen molar-refractivity contribution in [2.24, 2.45) is 0 Å². The molecule has 28 heavy (non-hydrogen) atoms. The van der Waals surface area contributed by atoms with E-state index in [1.807, 2.05) is 0 Å². The largest absolute Gasteiger partial charge is 0.619 e. The summed E-state index contributed by atoms with van der Waals surface area (Å²) < 4.78 is 95.7. The highest BCUT2D eigenvalue weighted by molar-refractivity contribution is 7.92. The molecule has 1 N–H and O–H groups in total. The SMILES string of the molecule is O=S(=O)(c1ccc(Oc2cc(Cl)c[n+]([O-])c2)c2c1[C@H](O)C(F)(F)C2)C(F)(F)F. The minimum absolute atomic E-state index is 0.0780. The van der Waals surface area contributed by atoms with Crippen LogP contribution in [0, 0.1) is 5.21 Å². The van der Waals surface area contributed by atoms with Gasteiger partial charge in [-0.3, -0.25) is 0 Å². The van der Waals surface area contributed by atoms with Crippen molar-refractivity contribution >= 4 is 21.4 Å². The number of sulfone groups is 1. The van der Waals surface area contributed by atoms with E-state index in [0.717, 1.165) is 24.5 Å². The molecular formula is C15H9ClF5NO5S. The molecule has 0 saturated carbocycles. The molecule has 0 saturated heterocycles. The lowest BCUT2D eigenvalue weighted by molar-refractivity contribution is -0.605. The van der Waals surface area contributed by atoms with Crippen LogP contribution in [0.1, 0.15) is 17.2 Å². The number of ether oxygens (including phenoxy) is 1. The standard InChI is InChI=1S/C15H9ClF5NO5S/c16-7-3-8(6-22(24)5-7)27-10-1-2-11(28(25,26)15(19,20)21)12-9(10)4-14(17,18)13(12)23/h1-3,5-6,13,23H,4H2/t13-/m0/s1. The number of rotatable bonds is 3. The maximum atomic E-state index is 14.0. The molecule has 0 spiro atoms. The van der Waals surface area contributed by atoms with E-state index in [9.17, 15) is 40.7 Å². The Hall–Kier alpha value is -2.18. The van der Waals surface area contributed by atoms with Crippen molar-refractivity contribution in [2.75, 3.05) is 0 Å². The van der Waals surface area contributed by atoms with Crippen LogP contribution in [0.3, 0.4) is 0 Å². The summed E-state index contributed by atoms with van der Waals surface area (Å²) in [5.74, 6) is -4.61. The number of aliphatic hydroxyl groups is 1. The van der Waals surface area contributed by atoms with Crippen molar-refractivity contribution in [3.8, 4) is 11.5 Å². The first-order chi connectivity index (χ1) is 12.7. The molecule has 1 aromatic heterocycles. The molecule has 0 unspecified atom stereocenters. The summed E-state index contributed by atoms with van der Waals surface area (Å²) in [6.07, 6.45) is -2.24. The van der Waals surface area contributed by atoms with Gasteiger partial charge < -0.3 is 15.1 Å². The van der Waals surface area contributed by atoms with Crippen molar-refractivity contribution in [1.82, 2.24) is 0 Å². The van der Waals surface area contributed by atoms with Crippen LogP contribution >= 0.6 is 11.6 Å². The molecule has 13 heteroatoms. The zero-order chi connectivity index (χ0) is 21.1. The van der Waals surface area contributed by atoms with Crippen molar-refractivity contribution in [2.45, 2.75) is 28.9 Å². The number of halogens is 6. The average molecular weight is 446 g/mol. The van der Waals surface area contributed by atoms with E-state index in [4.69, 9.17) is 16.3 Å². The number of nitrogens with zero attached hydrogens (tertiary/aromatic N) is 1. The predicted molar refractivity (Wildman–Crippen MR) is 83.8 cm³/mol. The number of hydrogen-bond acceptors (Lipinski definition) is 5. The highest BCUT2D eigenvalue weighted by Gasteiger charge is 2.55. The predicted octanol–water partition coefficient (Wildman–Crippen LogP) is 3.28. The smallest absolute Gasteiger partial charge is 0.501 e. The molecule has 0 fully saturated rings. The zero-order valence-electron chi connectivity index (χ0n) is 13.4. The lowest BCUT2D eigenvalue weighted by Crippen LogP contribution is -2.26. The van der Waals surface area contributed by atoms with Gasteiger partial charge in [-0.15, -0.1) is 0 Å². The van der Waals surface area contributed by atoms with Crippen LogP contribution in [0.25, 0.3) is 0 Å². The van der Waals surface area contributed by atoms with Crippen molar-refractivity contribution in [1.29, 1.82) is 0 Å². The van der Waals surface area contributed by atoms with E-state index in [1.54, 1.807) is 0 Å². The Morgan fingerprint density at radius 1 is 1.29 bits per heavy atom. The Labute approximate surface area is 159 Å². The molecule has 152 valence electrons. The molecule has 3 rings (SSSR count). The van der Waals surface area contributed by atoms with Gasteiger partial charge in [0.1, 0.15) is 16.9 Å². The topological polar surface area (TPSA) is 90.5 Å². The summed E-state index contributed by atoms with van der Waals surface area (Å²) in [5, 5.41) is 21.1. The number of pyridine rings is 1. The van der Waals surface area contributed by atoms with E-state index < -0.39 is 55.6 Å². The lowest BCUT2D eigenvalue weighted by Gasteiger charge is -2.17. The van der Waals surface area contributed by atoms with E-state index in [0.29, 0.717) is 6.07 Å². The highest BCUT2D eigenvalue weighted by Crippen LogP contribution is 2.51. The number of benzene rings is 1. The summed E-state index contributed by atoms with van der Waals surface area (Å²) in [5.41, 5.74) is -7.49. The first-order valence-electron chi connectivity index (χ1n) is 7.34. The number of fused-ring (bicyclic) bond motifs is 1. The third kappa shape index (κ3) is 3.35. The van der Waals surface area contributed by atoms with Crippen LogP contribution in [0.15, 0.2) is 35.5 Å². The normalized spacial score (nSPS) is 18.8. The Kier molecular flexibility index (Phi) is 4.72. The minimum atomic E-state index is -6.01. The molecule has 1 aliphatic carbocycles. The number of hydrogen-bond donors (Lipinski definition) is 1. The van der Waals surface area contributed by atoms with Crippen LogP contribution < -0.4 is 9.47 Å². The summed E-state index contributed by atoms with van der Waals surface area (Å²) in [6.45, 7) is 0. The lowest BCUT2D eigenvalue weighted by atomic mass is 10.1. The Morgan fingerprint density at radius 3 is 2.50 bits per heavy atom. The fraction of sp³-hybridized carbons (Fsp3) is 0.267. The van der Waals surface area contributed by atoms with Gasteiger partial charge in [0.05, 0.1) is 4.90 Å². The first-order valence-corrected chi connectivity index (χ1v) is 9.20. The third-order valence-corrected chi connectivity index (χ3v) is 5.72. The number of aliphatic hydroxyl groups excluding tert-OH is 1. The van der Waals surface area contributed by atoms with Gasteiger partial charge in [-0.05, 0) is 12.1 Å². The molecule has 1 aromatic carbocycles. The van der Waals surface area contributed by atoms with Crippen LogP contribution in [-0.4, -0.2) is 25.0 Å². The first kappa shape index (κ1) is 20.6. The monoisotopic (exact) mass is 445 g/mol. The second-order valence-electron chi connectivity index (χ2n) is 5.90. The van der Waals surface area contributed by atoms with E-state index in [-0.39, 0.29) is 15.5 Å². The van der Waals surface area contributed by atoms with Crippen LogP contribution in [0.4, 0.5) is 22.0 Å². The zero-order valence-corrected chi connectivity index (χ0v) is 14.9. The van der Waals surface area contributed by atoms with Gasteiger partial charge in [0.25, 0.3) is 15.8 Å². The van der Waals surface area contributed by atoms with Gasteiger partial charge in [0.15, 0.2) is 11.9 Å². The van der Waals surface area contributed by atoms with Crippen molar-refractivity contribution in [3.05, 3.63) is 51.9 Å². The van der Waals surface area contributed by atoms with Gasteiger partial charge in [0, 0.05) is 23.6 Å². The van der Waals surface area contributed by atoms with Crippen molar-refractivity contribution < 1.29 is 44.9 Å². The molecule has 1 atom stereocenters.